The first-order valence-corrected chi connectivity index (χ1v) is 9.31. The van der Waals surface area contributed by atoms with Gasteiger partial charge in [0.1, 0.15) is 6.04 Å². The summed E-state index contributed by atoms with van der Waals surface area (Å²) >= 11 is 0. The maximum Gasteiger partial charge on any atom is 0.328 e. The minimum atomic E-state index is -0.750. The first kappa shape index (κ1) is 20.1. The van der Waals surface area contributed by atoms with E-state index in [2.05, 4.69) is 10.4 Å². The Morgan fingerprint density at radius 3 is 2.38 bits per heavy atom. The molecule has 29 heavy (non-hydrogen) atoms. The van der Waals surface area contributed by atoms with Gasteiger partial charge in [-0.2, -0.15) is 5.10 Å². The number of esters is 1. The lowest BCUT2D eigenvalue weighted by Crippen LogP contribution is -2.42. The third-order valence-electron chi connectivity index (χ3n) is 4.35. The molecule has 1 atom stereocenters. The van der Waals surface area contributed by atoms with Crippen LogP contribution in [-0.2, 0) is 27.3 Å². The molecule has 1 heterocycles. The quantitative estimate of drug-likeness (QED) is 0.475. The molecule has 2 aromatic carbocycles. The van der Waals surface area contributed by atoms with Gasteiger partial charge in [0, 0.05) is 24.3 Å². The Balaban J connectivity index is 1.59. The fraction of sp³-hybridized carbons (Fsp3) is 0.174. The smallest absolute Gasteiger partial charge is 0.328 e. The molecule has 0 aliphatic rings. The predicted molar refractivity (Wildman–Crippen MR) is 111 cm³/mol. The maximum atomic E-state index is 12.3. The third-order valence-corrected chi connectivity index (χ3v) is 4.35. The highest BCUT2D eigenvalue weighted by molar-refractivity contribution is 5.94. The fourth-order valence-corrected chi connectivity index (χ4v) is 2.90. The Morgan fingerprint density at radius 1 is 1.07 bits per heavy atom. The number of rotatable bonds is 8. The molecule has 0 bridgehead atoms. The van der Waals surface area contributed by atoms with Gasteiger partial charge in [0.15, 0.2) is 0 Å². The van der Waals surface area contributed by atoms with Gasteiger partial charge in [0.05, 0.1) is 19.9 Å². The molecule has 0 saturated carbocycles. The predicted octanol–water partition coefficient (Wildman–Crippen LogP) is 2.85. The second-order valence-corrected chi connectivity index (χ2v) is 6.56. The molecule has 1 amide bonds. The van der Waals surface area contributed by atoms with Crippen molar-refractivity contribution in [3.8, 4) is 0 Å². The number of carbonyl (C=O) groups is 2. The largest absolute Gasteiger partial charge is 0.467 e. The second kappa shape index (κ2) is 10.0. The third kappa shape index (κ3) is 6.17. The number of carbonyl (C=O) groups excluding carboxylic acids is 2. The van der Waals surface area contributed by atoms with E-state index in [-0.39, 0.29) is 5.91 Å². The minimum absolute atomic E-state index is 0.363. The first-order valence-electron chi connectivity index (χ1n) is 9.31. The van der Waals surface area contributed by atoms with Crippen LogP contribution in [-0.4, -0.2) is 34.8 Å². The standard InChI is InChI=1S/C23H23N3O3/c1-29-23(28)21(14-18-8-4-2-5-9-18)25-22(27)13-12-20-15-24-26(17-20)16-19-10-6-3-7-11-19/h2-13,15,17,21H,14,16H2,1H3,(H,25,27)/b13-12+. The molecular weight excluding hydrogens is 366 g/mol. The van der Waals surface area contributed by atoms with Crippen LogP contribution in [0.4, 0.5) is 0 Å². The van der Waals surface area contributed by atoms with Crippen molar-refractivity contribution < 1.29 is 14.3 Å². The van der Waals surface area contributed by atoms with Gasteiger partial charge in [-0.25, -0.2) is 4.79 Å². The highest BCUT2D eigenvalue weighted by Crippen LogP contribution is 2.07. The van der Waals surface area contributed by atoms with Crippen LogP contribution >= 0.6 is 0 Å². The van der Waals surface area contributed by atoms with Crippen molar-refractivity contribution in [3.05, 3.63) is 95.8 Å². The molecule has 0 fully saturated rings. The summed E-state index contributed by atoms with van der Waals surface area (Å²) in [5, 5.41) is 7.01. The van der Waals surface area contributed by atoms with Crippen LogP contribution < -0.4 is 5.32 Å². The fourth-order valence-electron chi connectivity index (χ4n) is 2.90. The summed E-state index contributed by atoms with van der Waals surface area (Å²) in [6, 6.07) is 18.7. The number of hydrogen-bond donors (Lipinski definition) is 1. The van der Waals surface area contributed by atoms with Crippen molar-refractivity contribution in [2.24, 2.45) is 0 Å². The normalized spacial score (nSPS) is 11.9. The van der Waals surface area contributed by atoms with E-state index in [1.807, 2.05) is 66.9 Å². The highest BCUT2D eigenvalue weighted by Gasteiger charge is 2.20. The van der Waals surface area contributed by atoms with Crippen molar-refractivity contribution in [1.29, 1.82) is 0 Å². The molecule has 0 aliphatic carbocycles. The summed E-state index contributed by atoms with van der Waals surface area (Å²) in [4.78, 5) is 24.3. The maximum absolute atomic E-state index is 12.3. The lowest BCUT2D eigenvalue weighted by atomic mass is 10.1. The summed E-state index contributed by atoms with van der Waals surface area (Å²) in [6.45, 7) is 0.655. The van der Waals surface area contributed by atoms with Gasteiger partial charge in [0.2, 0.25) is 5.91 Å². The zero-order valence-electron chi connectivity index (χ0n) is 16.2. The van der Waals surface area contributed by atoms with Gasteiger partial charge < -0.3 is 10.1 Å². The lowest BCUT2D eigenvalue weighted by Gasteiger charge is -2.15. The summed E-state index contributed by atoms with van der Waals surface area (Å²) in [6.07, 6.45) is 6.97. The summed E-state index contributed by atoms with van der Waals surface area (Å²) < 4.78 is 6.62. The number of ether oxygens (including phenoxy) is 1. The molecule has 0 saturated heterocycles. The first-order chi connectivity index (χ1) is 14.1. The van der Waals surface area contributed by atoms with Crippen LogP contribution in [0.5, 0.6) is 0 Å². The van der Waals surface area contributed by atoms with E-state index >= 15 is 0 Å². The number of nitrogens with one attached hydrogen (secondary N) is 1. The average Bonchev–Trinajstić information content (AvgIpc) is 3.20. The highest BCUT2D eigenvalue weighted by atomic mass is 16.5. The Hall–Kier alpha value is -3.67. The molecule has 0 spiro atoms. The van der Waals surface area contributed by atoms with Gasteiger partial charge >= 0.3 is 5.97 Å². The van der Waals surface area contributed by atoms with E-state index < -0.39 is 12.0 Å². The van der Waals surface area contributed by atoms with Gasteiger partial charge in [-0.15, -0.1) is 0 Å². The van der Waals surface area contributed by atoms with Crippen LogP contribution in [0.15, 0.2) is 79.1 Å². The Bertz CT molecular complexity index is 965. The van der Waals surface area contributed by atoms with Gasteiger partial charge in [-0.1, -0.05) is 60.7 Å². The van der Waals surface area contributed by atoms with Crippen molar-refractivity contribution in [3.63, 3.8) is 0 Å². The molecule has 1 aromatic heterocycles. The molecule has 1 unspecified atom stereocenters. The number of benzene rings is 2. The van der Waals surface area contributed by atoms with Crippen molar-refractivity contribution in [1.82, 2.24) is 15.1 Å². The molecule has 6 nitrogen and oxygen atoms in total. The van der Waals surface area contributed by atoms with E-state index in [0.717, 1.165) is 16.7 Å². The van der Waals surface area contributed by atoms with Gasteiger partial charge in [0.25, 0.3) is 0 Å². The van der Waals surface area contributed by atoms with Crippen LogP contribution in [0.3, 0.4) is 0 Å². The second-order valence-electron chi connectivity index (χ2n) is 6.56. The molecule has 3 aromatic rings. The van der Waals surface area contributed by atoms with Crippen LogP contribution in [0.1, 0.15) is 16.7 Å². The topological polar surface area (TPSA) is 73.2 Å². The number of methoxy groups -OCH3 is 1. The average molecular weight is 389 g/mol. The van der Waals surface area contributed by atoms with Crippen molar-refractivity contribution in [2.75, 3.05) is 7.11 Å². The van der Waals surface area contributed by atoms with Crippen LogP contribution in [0.2, 0.25) is 0 Å². The number of hydrogen-bond acceptors (Lipinski definition) is 4. The molecule has 6 heteroatoms. The molecule has 1 N–H and O–H groups in total. The van der Waals surface area contributed by atoms with Gasteiger partial charge in [-0.3, -0.25) is 9.48 Å². The molecule has 3 rings (SSSR count). The van der Waals surface area contributed by atoms with E-state index in [1.54, 1.807) is 17.0 Å². The SMILES string of the molecule is COC(=O)C(Cc1ccccc1)NC(=O)/C=C/c1cnn(Cc2ccccc2)c1. The Labute approximate surface area is 169 Å². The molecule has 0 aliphatic heterocycles. The van der Waals surface area contributed by atoms with E-state index in [4.69, 9.17) is 4.74 Å². The zero-order chi connectivity index (χ0) is 20.5. The zero-order valence-corrected chi connectivity index (χ0v) is 16.2. The van der Waals surface area contributed by atoms with Crippen LogP contribution in [0, 0.1) is 0 Å². The van der Waals surface area contributed by atoms with E-state index in [9.17, 15) is 9.59 Å². The van der Waals surface area contributed by atoms with Crippen LogP contribution in [0.25, 0.3) is 6.08 Å². The monoisotopic (exact) mass is 389 g/mol. The Morgan fingerprint density at radius 2 is 1.72 bits per heavy atom. The molecule has 148 valence electrons. The number of amides is 1. The van der Waals surface area contributed by atoms with Crippen molar-refractivity contribution in [2.45, 2.75) is 19.0 Å². The summed E-state index contributed by atoms with van der Waals surface area (Å²) in [7, 11) is 1.31. The molecule has 0 radical (unpaired) electrons. The molecular formula is C23H23N3O3. The minimum Gasteiger partial charge on any atom is -0.467 e. The Kier molecular flexibility index (Phi) is 6.95. The number of nitrogens with zero attached hydrogens (tertiary/aromatic N) is 2. The van der Waals surface area contributed by atoms with E-state index in [0.29, 0.717) is 13.0 Å². The summed E-state index contributed by atoms with van der Waals surface area (Å²) in [5.41, 5.74) is 2.88. The van der Waals surface area contributed by atoms with E-state index in [1.165, 1.54) is 13.2 Å². The summed E-state index contributed by atoms with van der Waals surface area (Å²) in [5.74, 6) is -0.849. The van der Waals surface area contributed by atoms with Gasteiger partial charge in [-0.05, 0) is 17.2 Å². The number of aromatic nitrogens is 2. The lowest BCUT2D eigenvalue weighted by molar-refractivity contribution is -0.144. The van der Waals surface area contributed by atoms with Crippen molar-refractivity contribution >= 4 is 18.0 Å².